The van der Waals surface area contributed by atoms with Crippen molar-refractivity contribution in [3.05, 3.63) is 71.9 Å². The van der Waals surface area contributed by atoms with Gasteiger partial charge in [0.25, 0.3) is 5.91 Å². The van der Waals surface area contributed by atoms with Crippen molar-refractivity contribution >= 4 is 29.0 Å². The zero-order valence-corrected chi connectivity index (χ0v) is 23.7. The van der Waals surface area contributed by atoms with Gasteiger partial charge in [-0.3, -0.25) is 14.0 Å². The quantitative estimate of drug-likeness (QED) is 0.287. The number of piperidine rings is 1. The molecule has 4 aromatic rings. The van der Waals surface area contributed by atoms with Gasteiger partial charge < -0.3 is 16.0 Å². The van der Waals surface area contributed by atoms with Crippen molar-refractivity contribution in [2.75, 3.05) is 24.1 Å². The molecule has 1 saturated heterocycles. The number of alkyl halides is 3. The molecule has 1 aliphatic carbocycles. The summed E-state index contributed by atoms with van der Waals surface area (Å²) in [5.41, 5.74) is 7.69. The van der Waals surface area contributed by atoms with Gasteiger partial charge in [-0.1, -0.05) is 25.5 Å². The maximum absolute atomic E-state index is 13.2. The van der Waals surface area contributed by atoms with Crippen molar-refractivity contribution in [2.45, 2.75) is 57.5 Å². The second kappa shape index (κ2) is 11.0. The van der Waals surface area contributed by atoms with Crippen LogP contribution in [0.1, 0.15) is 73.1 Å². The molecule has 1 aliphatic heterocycles. The first-order valence-electron chi connectivity index (χ1n) is 14.4. The number of aromatic nitrogens is 4. The highest BCUT2D eigenvalue weighted by atomic mass is 19.4. The molecule has 1 atom stereocenters. The number of carbonyl (C=O) groups is 2. The molecule has 0 radical (unpaired) electrons. The van der Waals surface area contributed by atoms with Crippen molar-refractivity contribution < 1.29 is 22.8 Å². The van der Waals surface area contributed by atoms with E-state index in [1.54, 1.807) is 30.5 Å². The van der Waals surface area contributed by atoms with Crippen LogP contribution in [0, 0.1) is 5.41 Å². The Morgan fingerprint density at radius 3 is 2.56 bits per heavy atom. The van der Waals surface area contributed by atoms with E-state index >= 15 is 0 Å². The normalized spacial score (nSPS) is 18.3. The first-order chi connectivity index (χ1) is 20.5. The zero-order valence-electron chi connectivity index (χ0n) is 23.7. The molecule has 0 spiro atoms. The van der Waals surface area contributed by atoms with E-state index in [1.165, 1.54) is 6.42 Å². The predicted molar refractivity (Wildman–Crippen MR) is 155 cm³/mol. The molecule has 4 heterocycles. The summed E-state index contributed by atoms with van der Waals surface area (Å²) in [5.74, 6) is 0.509. The highest BCUT2D eigenvalue weighted by Gasteiger charge is 2.37. The van der Waals surface area contributed by atoms with Crippen molar-refractivity contribution in [3.63, 3.8) is 0 Å². The summed E-state index contributed by atoms with van der Waals surface area (Å²) in [5, 5.41) is 2.42. The molecule has 1 saturated carbocycles. The molecule has 2 amide bonds. The van der Waals surface area contributed by atoms with Crippen molar-refractivity contribution in [1.29, 1.82) is 0 Å². The fourth-order valence-electron chi connectivity index (χ4n) is 6.07. The van der Waals surface area contributed by atoms with Gasteiger partial charge in [-0.05, 0) is 55.4 Å². The molecular formula is C31H32F3N7O2. The van der Waals surface area contributed by atoms with E-state index < -0.39 is 17.6 Å². The van der Waals surface area contributed by atoms with Crippen molar-refractivity contribution in [2.24, 2.45) is 5.41 Å². The summed E-state index contributed by atoms with van der Waals surface area (Å²) in [6.45, 7) is 3.51. The van der Waals surface area contributed by atoms with E-state index in [1.807, 2.05) is 15.5 Å². The molecule has 3 aromatic heterocycles. The highest BCUT2D eigenvalue weighted by Crippen LogP contribution is 2.44. The Morgan fingerprint density at radius 1 is 1.09 bits per heavy atom. The Kier molecular flexibility index (Phi) is 7.31. The minimum Gasteiger partial charge on any atom is -0.382 e. The number of rotatable bonds is 6. The Morgan fingerprint density at radius 2 is 1.86 bits per heavy atom. The number of halogens is 3. The fraction of sp³-hybridized carbons (Fsp3) is 0.387. The average Bonchev–Trinajstić information content (AvgIpc) is 3.37. The van der Waals surface area contributed by atoms with E-state index in [0.717, 1.165) is 56.4 Å². The summed E-state index contributed by atoms with van der Waals surface area (Å²) < 4.78 is 41.1. The second-order valence-electron chi connectivity index (χ2n) is 11.8. The van der Waals surface area contributed by atoms with Crippen LogP contribution in [0.2, 0.25) is 0 Å². The molecule has 224 valence electrons. The number of hydrogen-bond acceptors (Lipinski definition) is 6. The summed E-state index contributed by atoms with van der Waals surface area (Å²) in [6, 6.07) is 8.18. The second-order valence-corrected chi connectivity index (χ2v) is 11.8. The number of carbonyl (C=O) groups excluding carboxylic acids is 2. The van der Waals surface area contributed by atoms with Gasteiger partial charge in [0.15, 0.2) is 0 Å². The largest absolute Gasteiger partial charge is 0.416 e. The standard InChI is InChI=1S/C31H32F3N7O2/c1-30(10-3-11-30)17-24(42)40-14-2-4-21(18-40)28-39-25(26-27(35)37-13-15-41(26)28)19-5-7-20(8-6-19)29(43)38-23-16-22(9-12-36-23)31(32,33)34/h5-9,12-13,15-16,21H,2-4,10-11,14,17-18H2,1H3,(H2,35,37)(H,36,38,43). The molecule has 43 heavy (non-hydrogen) atoms. The number of nitrogens with one attached hydrogen (secondary N) is 1. The number of amides is 2. The molecule has 12 heteroatoms. The van der Waals surface area contributed by atoms with Crippen LogP contribution in [0.15, 0.2) is 55.0 Å². The van der Waals surface area contributed by atoms with Crippen molar-refractivity contribution in [1.82, 2.24) is 24.3 Å². The SMILES string of the molecule is CC1(CC(=O)N2CCCC(c3nc(-c4ccc(C(=O)Nc5cc(C(F)(F)F)ccn5)cc4)c4c(N)nccn34)C2)CCC1. The third kappa shape index (κ3) is 5.78. The van der Waals surface area contributed by atoms with Gasteiger partial charge in [0.1, 0.15) is 28.7 Å². The lowest BCUT2D eigenvalue weighted by atomic mass is 9.68. The maximum Gasteiger partial charge on any atom is 0.416 e. The van der Waals surface area contributed by atoms with Crippen LogP contribution in [0.5, 0.6) is 0 Å². The van der Waals surface area contributed by atoms with E-state index in [2.05, 4.69) is 22.2 Å². The Bertz CT molecular complexity index is 1680. The van der Waals surface area contributed by atoms with Gasteiger partial charge in [-0.2, -0.15) is 13.2 Å². The van der Waals surface area contributed by atoms with Gasteiger partial charge >= 0.3 is 6.18 Å². The number of imidazole rings is 1. The van der Waals surface area contributed by atoms with Gasteiger partial charge in [-0.15, -0.1) is 0 Å². The first-order valence-corrected chi connectivity index (χ1v) is 14.4. The smallest absolute Gasteiger partial charge is 0.382 e. The fourth-order valence-corrected chi connectivity index (χ4v) is 6.07. The van der Waals surface area contributed by atoms with E-state index in [4.69, 9.17) is 10.7 Å². The molecule has 6 rings (SSSR count). The van der Waals surface area contributed by atoms with Crippen LogP contribution in [-0.2, 0) is 11.0 Å². The number of anilines is 2. The third-order valence-electron chi connectivity index (χ3n) is 8.64. The lowest BCUT2D eigenvalue weighted by molar-refractivity contribution is -0.138. The summed E-state index contributed by atoms with van der Waals surface area (Å²) in [6.07, 6.45) is 5.60. The third-order valence-corrected chi connectivity index (χ3v) is 8.64. The van der Waals surface area contributed by atoms with E-state index in [-0.39, 0.29) is 28.6 Å². The van der Waals surface area contributed by atoms with Crippen LogP contribution in [-0.4, -0.2) is 49.2 Å². The molecule has 1 unspecified atom stereocenters. The molecule has 3 N–H and O–H groups in total. The molecular weight excluding hydrogens is 559 g/mol. The van der Waals surface area contributed by atoms with Gasteiger partial charge in [0, 0.05) is 55.1 Å². The lowest BCUT2D eigenvalue weighted by Gasteiger charge is -2.40. The number of benzene rings is 1. The van der Waals surface area contributed by atoms with Crippen LogP contribution >= 0.6 is 0 Å². The average molecular weight is 592 g/mol. The Balaban J connectivity index is 1.24. The van der Waals surface area contributed by atoms with Crippen LogP contribution in [0.25, 0.3) is 16.8 Å². The topological polar surface area (TPSA) is 119 Å². The van der Waals surface area contributed by atoms with Gasteiger partial charge in [0.05, 0.1) is 5.56 Å². The number of nitrogens with zero attached hydrogens (tertiary/aromatic N) is 5. The maximum atomic E-state index is 13.2. The van der Waals surface area contributed by atoms with Crippen molar-refractivity contribution in [3.8, 4) is 11.3 Å². The number of nitrogen functional groups attached to an aromatic ring is 1. The Labute approximate surface area is 246 Å². The van der Waals surface area contributed by atoms with Crippen LogP contribution in [0.3, 0.4) is 0 Å². The molecule has 0 bridgehead atoms. The number of fused-ring (bicyclic) bond motifs is 1. The van der Waals surface area contributed by atoms with E-state index in [0.29, 0.717) is 35.6 Å². The van der Waals surface area contributed by atoms with E-state index in [9.17, 15) is 22.8 Å². The summed E-state index contributed by atoms with van der Waals surface area (Å²) in [4.78, 5) is 41.0. The predicted octanol–water partition coefficient (Wildman–Crippen LogP) is 5.93. The minimum atomic E-state index is -4.55. The molecule has 2 aliphatic rings. The van der Waals surface area contributed by atoms with Crippen LogP contribution < -0.4 is 11.1 Å². The number of likely N-dealkylation sites (tertiary alicyclic amines) is 1. The molecule has 1 aromatic carbocycles. The number of pyridine rings is 1. The van der Waals surface area contributed by atoms with Gasteiger partial charge in [-0.25, -0.2) is 15.0 Å². The molecule has 2 fully saturated rings. The zero-order chi connectivity index (χ0) is 30.4. The minimum absolute atomic E-state index is 0.0139. The lowest BCUT2D eigenvalue weighted by Crippen LogP contribution is -2.42. The van der Waals surface area contributed by atoms with Gasteiger partial charge in [0.2, 0.25) is 5.91 Å². The first kappa shape index (κ1) is 28.6. The molecule has 9 nitrogen and oxygen atoms in total. The summed E-state index contributed by atoms with van der Waals surface area (Å²) >= 11 is 0. The Hall–Kier alpha value is -4.48. The number of nitrogens with two attached hydrogens (primary N) is 1. The monoisotopic (exact) mass is 591 g/mol. The highest BCUT2D eigenvalue weighted by molar-refractivity contribution is 6.04. The van der Waals surface area contributed by atoms with Crippen LogP contribution in [0.4, 0.5) is 24.8 Å². The summed E-state index contributed by atoms with van der Waals surface area (Å²) in [7, 11) is 0. The number of hydrogen-bond donors (Lipinski definition) is 2.